The van der Waals surface area contributed by atoms with E-state index in [0.29, 0.717) is 29.8 Å². The summed E-state index contributed by atoms with van der Waals surface area (Å²) in [5.74, 6) is 0. The van der Waals surface area contributed by atoms with Crippen molar-refractivity contribution >= 4 is 27.7 Å². The molecule has 1 rings (SSSR count). The van der Waals surface area contributed by atoms with E-state index in [9.17, 15) is 9.59 Å². The van der Waals surface area contributed by atoms with E-state index in [0.717, 1.165) is 0 Å². The van der Waals surface area contributed by atoms with Crippen LogP contribution in [-0.2, 0) is 11.3 Å². The maximum absolute atomic E-state index is 11.8. The predicted octanol–water partition coefficient (Wildman–Crippen LogP) is 1.96. The van der Waals surface area contributed by atoms with Gasteiger partial charge in [0.1, 0.15) is 10.1 Å². The first-order valence-corrected chi connectivity index (χ1v) is 7.50. The summed E-state index contributed by atoms with van der Waals surface area (Å²) in [7, 11) is 0. The van der Waals surface area contributed by atoms with Crippen molar-refractivity contribution in [3.8, 4) is 0 Å². The Morgan fingerprint density at radius 3 is 2.67 bits per heavy atom. The number of alkyl carbamates (subject to hydrolysis) is 1. The van der Waals surface area contributed by atoms with Crippen molar-refractivity contribution in [3.63, 3.8) is 0 Å². The molecule has 0 atom stereocenters. The largest absolute Gasteiger partial charge is 0.444 e. The van der Waals surface area contributed by atoms with Crippen molar-refractivity contribution in [3.05, 3.63) is 21.0 Å². The Hall–Kier alpha value is -1.57. The fraction of sp³-hybridized carbons (Fsp3) is 0.615. The van der Waals surface area contributed by atoms with Crippen molar-refractivity contribution < 1.29 is 9.53 Å². The first-order chi connectivity index (χ1) is 9.74. The van der Waals surface area contributed by atoms with Crippen LogP contribution in [0.1, 0.15) is 27.7 Å². The highest BCUT2D eigenvalue weighted by Gasteiger charge is 2.15. The molecule has 0 fully saturated rings. The van der Waals surface area contributed by atoms with Gasteiger partial charge in [-0.3, -0.25) is 4.79 Å². The molecular weight excluding hydrogens is 340 g/mol. The standard InChI is InChI=1S/C13H21BrN4O3/c1-5-18-11(19)10(14)9(8-17-18)15-6-7-16-12(20)21-13(2,3)4/h8,15H,5-7H2,1-4H3,(H,16,20). The van der Waals surface area contributed by atoms with Crippen LogP contribution in [-0.4, -0.2) is 34.6 Å². The van der Waals surface area contributed by atoms with E-state index in [1.54, 1.807) is 27.0 Å². The molecule has 1 amide bonds. The molecule has 0 saturated carbocycles. The summed E-state index contributed by atoms with van der Waals surface area (Å²) >= 11 is 3.24. The molecule has 7 nitrogen and oxygen atoms in total. The van der Waals surface area contributed by atoms with Crippen molar-refractivity contribution in [1.82, 2.24) is 15.1 Å². The molecule has 1 aromatic rings. The SMILES string of the molecule is CCn1ncc(NCCNC(=O)OC(C)(C)C)c(Br)c1=O. The average molecular weight is 361 g/mol. The molecule has 118 valence electrons. The van der Waals surface area contributed by atoms with E-state index in [1.165, 1.54) is 4.68 Å². The molecule has 0 radical (unpaired) electrons. The Balaban J connectivity index is 2.45. The van der Waals surface area contributed by atoms with Gasteiger partial charge in [0.15, 0.2) is 0 Å². The van der Waals surface area contributed by atoms with Crippen molar-refractivity contribution in [1.29, 1.82) is 0 Å². The molecular formula is C13H21BrN4O3. The summed E-state index contributed by atoms with van der Waals surface area (Å²) < 4.78 is 6.89. The quantitative estimate of drug-likeness (QED) is 0.784. The Morgan fingerprint density at radius 2 is 2.10 bits per heavy atom. The summed E-state index contributed by atoms with van der Waals surface area (Å²) in [6.45, 7) is 8.59. The number of hydrogen-bond acceptors (Lipinski definition) is 5. The Labute approximate surface area is 132 Å². The second-order valence-corrected chi connectivity index (χ2v) is 6.14. The predicted molar refractivity (Wildman–Crippen MR) is 84.6 cm³/mol. The summed E-state index contributed by atoms with van der Waals surface area (Å²) in [5, 5.41) is 9.67. The highest BCUT2D eigenvalue weighted by atomic mass is 79.9. The number of amides is 1. The van der Waals surface area contributed by atoms with Gasteiger partial charge in [0, 0.05) is 19.6 Å². The third-order valence-electron chi connectivity index (χ3n) is 2.39. The molecule has 0 aliphatic rings. The first-order valence-electron chi connectivity index (χ1n) is 6.71. The minimum atomic E-state index is -0.519. The van der Waals surface area contributed by atoms with Crippen LogP contribution < -0.4 is 16.2 Å². The van der Waals surface area contributed by atoms with E-state index < -0.39 is 11.7 Å². The average Bonchev–Trinajstić information content (AvgIpc) is 2.37. The molecule has 0 unspecified atom stereocenters. The molecule has 0 aliphatic carbocycles. The second kappa shape index (κ2) is 7.44. The first kappa shape index (κ1) is 17.5. The van der Waals surface area contributed by atoms with Gasteiger partial charge in [-0.2, -0.15) is 5.10 Å². The normalized spacial score (nSPS) is 11.1. The summed E-state index contributed by atoms with van der Waals surface area (Å²) in [5.41, 5.74) is -0.118. The van der Waals surface area contributed by atoms with Gasteiger partial charge >= 0.3 is 6.09 Å². The molecule has 0 spiro atoms. The van der Waals surface area contributed by atoms with Gasteiger partial charge < -0.3 is 15.4 Å². The van der Waals surface area contributed by atoms with Gasteiger partial charge in [-0.25, -0.2) is 9.48 Å². The molecule has 1 heterocycles. The highest BCUT2D eigenvalue weighted by Crippen LogP contribution is 2.15. The zero-order valence-corrected chi connectivity index (χ0v) is 14.3. The van der Waals surface area contributed by atoms with E-state index >= 15 is 0 Å². The molecule has 1 aromatic heterocycles. The van der Waals surface area contributed by atoms with Gasteiger partial charge in [0.25, 0.3) is 5.56 Å². The maximum atomic E-state index is 11.8. The maximum Gasteiger partial charge on any atom is 0.407 e. The number of ether oxygens (including phenoxy) is 1. The van der Waals surface area contributed by atoms with Crippen LogP contribution in [0.25, 0.3) is 0 Å². The Bertz CT molecular complexity index is 551. The number of nitrogens with zero attached hydrogens (tertiary/aromatic N) is 2. The fourth-order valence-corrected chi connectivity index (χ4v) is 1.94. The van der Waals surface area contributed by atoms with E-state index in [2.05, 4.69) is 31.7 Å². The highest BCUT2D eigenvalue weighted by molar-refractivity contribution is 9.10. The van der Waals surface area contributed by atoms with Crippen molar-refractivity contribution in [2.45, 2.75) is 39.8 Å². The van der Waals surface area contributed by atoms with E-state index in [4.69, 9.17) is 4.74 Å². The van der Waals surface area contributed by atoms with Gasteiger partial charge in [-0.05, 0) is 43.6 Å². The van der Waals surface area contributed by atoms with Gasteiger partial charge in [0.2, 0.25) is 0 Å². The van der Waals surface area contributed by atoms with E-state index in [1.807, 2.05) is 6.92 Å². The van der Waals surface area contributed by atoms with Crippen LogP contribution in [0.3, 0.4) is 0 Å². The minimum absolute atomic E-state index is 0.192. The number of aromatic nitrogens is 2. The molecule has 0 bridgehead atoms. The van der Waals surface area contributed by atoms with Crippen LogP contribution in [0.2, 0.25) is 0 Å². The van der Waals surface area contributed by atoms with Gasteiger partial charge in [0.05, 0.1) is 11.9 Å². The van der Waals surface area contributed by atoms with Crippen molar-refractivity contribution in [2.75, 3.05) is 18.4 Å². The van der Waals surface area contributed by atoms with Crippen LogP contribution >= 0.6 is 15.9 Å². The summed E-state index contributed by atoms with van der Waals surface area (Å²) in [4.78, 5) is 23.3. The third kappa shape index (κ3) is 5.74. The zero-order valence-electron chi connectivity index (χ0n) is 12.7. The molecule has 0 aromatic carbocycles. The van der Waals surface area contributed by atoms with Gasteiger partial charge in [-0.1, -0.05) is 0 Å². The molecule has 2 N–H and O–H groups in total. The molecule has 8 heteroatoms. The summed E-state index contributed by atoms with van der Waals surface area (Å²) in [6.07, 6.45) is 1.10. The van der Waals surface area contributed by atoms with E-state index in [-0.39, 0.29) is 5.56 Å². The lowest BCUT2D eigenvalue weighted by molar-refractivity contribution is 0.0530. The Morgan fingerprint density at radius 1 is 1.43 bits per heavy atom. The number of hydrogen-bond donors (Lipinski definition) is 2. The number of anilines is 1. The van der Waals surface area contributed by atoms with Crippen molar-refractivity contribution in [2.24, 2.45) is 0 Å². The number of aryl methyl sites for hydroxylation is 1. The molecule has 0 aliphatic heterocycles. The third-order valence-corrected chi connectivity index (χ3v) is 3.16. The lowest BCUT2D eigenvalue weighted by atomic mass is 10.2. The topological polar surface area (TPSA) is 85.2 Å². The van der Waals surface area contributed by atoms with Crippen LogP contribution in [0, 0.1) is 0 Å². The summed E-state index contributed by atoms with van der Waals surface area (Å²) in [6, 6.07) is 0. The number of nitrogens with one attached hydrogen (secondary N) is 2. The molecule has 21 heavy (non-hydrogen) atoms. The van der Waals surface area contributed by atoms with Crippen LogP contribution in [0.4, 0.5) is 10.5 Å². The second-order valence-electron chi connectivity index (χ2n) is 5.35. The smallest absolute Gasteiger partial charge is 0.407 e. The van der Waals surface area contributed by atoms with Gasteiger partial charge in [-0.15, -0.1) is 0 Å². The van der Waals surface area contributed by atoms with Crippen LogP contribution in [0.15, 0.2) is 15.5 Å². The minimum Gasteiger partial charge on any atom is -0.444 e. The fourth-order valence-electron chi connectivity index (χ4n) is 1.49. The molecule has 0 saturated heterocycles. The number of halogens is 1. The zero-order chi connectivity index (χ0) is 16.0. The Kier molecular flexibility index (Phi) is 6.19. The number of rotatable bonds is 5. The lowest BCUT2D eigenvalue weighted by Crippen LogP contribution is -2.35. The number of carbonyl (C=O) groups excluding carboxylic acids is 1. The monoisotopic (exact) mass is 360 g/mol. The van der Waals surface area contributed by atoms with Crippen LogP contribution in [0.5, 0.6) is 0 Å². The lowest BCUT2D eigenvalue weighted by Gasteiger charge is -2.19. The number of carbonyl (C=O) groups is 1.